The van der Waals surface area contributed by atoms with E-state index in [9.17, 15) is 0 Å². The summed E-state index contributed by atoms with van der Waals surface area (Å²) >= 11 is 6.09. The fourth-order valence-corrected chi connectivity index (χ4v) is 2.43. The van der Waals surface area contributed by atoms with E-state index in [1.54, 1.807) is 7.11 Å². The Morgan fingerprint density at radius 2 is 2.15 bits per heavy atom. The number of nitrogens with one attached hydrogen (secondary N) is 1. The van der Waals surface area contributed by atoms with E-state index in [0.29, 0.717) is 0 Å². The number of ether oxygens (including phenoxy) is 1. The third-order valence-electron chi connectivity index (χ3n) is 3.16. The third kappa shape index (κ3) is 3.71. The second-order valence-electron chi connectivity index (χ2n) is 4.53. The van der Waals surface area contributed by atoms with E-state index in [1.807, 2.05) is 42.6 Å². The Morgan fingerprint density at radius 3 is 2.80 bits per heavy atom. The van der Waals surface area contributed by atoms with Gasteiger partial charge in [0.15, 0.2) is 0 Å². The van der Waals surface area contributed by atoms with Crippen LogP contribution in [-0.2, 0) is 6.42 Å². The van der Waals surface area contributed by atoms with Gasteiger partial charge in [0.1, 0.15) is 5.75 Å². The van der Waals surface area contributed by atoms with Crippen LogP contribution in [0.2, 0.25) is 5.02 Å². The number of hydrogen-bond donors (Lipinski definition) is 1. The maximum Gasteiger partial charge on any atom is 0.122 e. The number of aromatic nitrogens is 1. The molecule has 0 saturated carbocycles. The zero-order valence-corrected chi connectivity index (χ0v) is 12.5. The zero-order chi connectivity index (χ0) is 14.4. The normalized spacial score (nSPS) is 12.2. The van der Waals surface area contributed by atoms with Gasteiger partial charge in [-0.2, -0.15) is 0 Å². The first kappa shape index (κ1) is 14.8. The molecule has 3 nitrogen and oxygen atoms in total. The summed E-state index contributed by atoms with van der Waals surface area (Å²) in [5.74, 6) is 0.855. The molecule has 0 aliphatic carbocycles. The van der Waals surface area contributed by atoms with Crippen LogP contribution < -0.4 is 10.1 Å². The topological polar surface area (TPSA) is 34.1 Å². The van der Waals surface area contributed by atoms with Gasteiger partial charge < -0.3 is 10.1 Å². The minimum absolute atomic E-state index is 0.147. The van der Waals surface area contributed by atoms with Gasteiger partial charge >= 0.3 is 0 Å². The van der Waals surface area contributed by atoms with Crippen molar-refractivity contribution in [1.29, 1.82) is 0 Å². The number of rotatable bonds is 6. The van der Waals surface area contributed by atoms with E-state index in [4.69, 9.17) is 16.3 Å². The van der Waals surface area contributed by atoms with Crippen LogP contribution in [0.25, 0.3) is 0 Å². The Kier molecular flexibility index (Phi) is 5.39. The molecule has 20 heavy (non-hydrogen) atoms. The zero-order valence-electron chi connectivity index (χ0n) is 11.8. The maximum atomic E-state index is 6.09. The van der Waals surface area contributed by atoms with E-state index < -0.39 is 0 Å². The van der Waals surface area contributed by atoms with Crippen LogP contribution in [0, 0.1) is 0 Å². The first-order chi connectivity index (χ1) is 9.74. The van der Waals surface area contributed by atoms with Crippen molar-refractivity contribution in [3.05, 3.63) is 58.9 Å². The Morgan fingerprint density at radius 1 is 1.30 bits per heavy atom. The summed E-state index contributed by atoms with van der Waals surface area (Å²) in [5, 5.41) is 4.18. The molecule has 1 heterocycles. The SMILES string of the molecule is CCNC(Cc1cc(Cl)ccc1OC)c1ccccn1. The van der Waals surface area contributed by atoms with Crippen molar-refractivity contribution in [2.24, 2.45) is 0 Å². The average Bonchev–Trinajstić information content (AvgIpc) is 2.48. The van der Waals surface area contributed by atoms with Gasteiger partial charge in [0.25, 0.3) is 0 Å². The number of halogens is 1. The Hall–Kier alpha value is -1.58. The number of nitrogens with zero attached hydrogens (tertiary/aromatic N) is 1. The summed E-state index contributed by atoms with van der Waals surface area (Å²) in [6, 6.07) is 11.8. The molecular formula is C16H19ClN2O. The second kappa shape index (κ2) is 7.27. The highest BCUT2D eigenvalue weighted by Gasteiger charge is 2.15. The highest BCUT2D eigenvalue weighted by Crippen LogP contribution is 2.27. The van der Waals surface area contributed by atoms with Crippen molar-refractivity contribution in [1.82, 2.24) is 10.3 Å². The molecule has 0 spiro atoms. The van der Waals surface area contributed by atoms with Crippen LogP contribution >= 0.6 is 11.6 Å². The largest absolute Gasteiger partial charge is 0.496 e. The highest BCUT2D eigenvalue weighted by molar-refractivity contribution is 6.30. The second-order valence-corrected chi connectivity index (χ2v) is 4.96. The van der Waals surface area contributed by atoms with Crippen molar-refractivity contribution in [3.8, 4) is 5.75 Å². The molecule has 1 unspecified atom stereocenters. The molecule has 0 amide bonds. The lowest BCUT2D eigenvalue weighted by atomic mass is 10.0. The van der Waals surface area contributed by atoms with E-state index in [-0.39, 0.29) is 6.04 Å². The van der Waals surface area contributed by atoms with Gasteiger partial charge in [0.2, 0.25) is 0 Å². The molecule has 0 aliphatic rings. The molecule has 0 fully saturated rings. The summed E-state index contributed by atoms with van der Waals surface area (Å²) in [6.07, 6.45) is 2.60. The van der Waals surface area contributed by atoms with Gasteiger partial charge in [-0.05, 0) is 48.9 Å². The fourth-order valence-electron chi connectivity index (χ4n) is 2.24. The predicted molar refractivity (Wildman–Crippen MR) is 82.4 cm³/mol. The average molecular weight is 291 g/mol. The highest BCUT2D eigenvalue weighted by atomic mass is 35.5. The van der Waals surface area contributed by atoms with E-state index >= 15 is 0 Å². The molecule has 0 bridgehead atoms. The standard InChI is InChI=1S/C16H19ClN2O/c1-3-18-15(14-6-4-5-9-19-14)11-12-10-13(17)7-8-16(12)20-2/h4-10,15,18H,3,11H2,1-2H3. The quantitative estimate of drug-likeness (QED) is 0.882. The lowest BCUT2D eigenvalue weighted by Crippen LogP contribution is -2.24. The Labute approximate surface area is 124 Å². The molecule has 0 aliphatic heterocycles. The minimum Gasteiger partial charge on any atom is -0.496 e. The third-order valence-corrected chi connectivity index (χ3v) is 3.40. The van der Waals surface area contributed by atoms with Crippen molar-refractivity contribution in [2.45, 2.75) is 19.4 Å². The monoisotopic (exact) mass is 290 g/mol. The summed E-state index contributed by atoms with van der Waals surface area (Å²) in [6.45, 7) is 2.97. The van der Waals surface area contributed by atoms with E-state index in [1.165, 1.54) is 0 Å². The van der Waals surface area contributed by atoms with Crippen LogP contribution in [0.4, 0.5) is 0 Å². The van der Waals surface area contributed by atoms with Gasteiger partial charge in [0.05, 0.1) is 18.8 Å². The van der Waals surface area contributed by atoms with Crippen molar-refractivity contribution >= 4 is 11.6 Å². The molecule has 1 N–H and O–H groups in total. The lowest BCUT2D eigenvalue weighted by molar-refractivity contribution is 0.405. The molecule has 4 heteroatoms. The number of likely N-dealkylation sites (N-methyl/N-ethyl adjacent to an activating group) is 1. The summed E-state index contributed by atoms with van der Waals surface area (Å²) < 4.78 is 5.41. The van der Waals surface area contributed by atoms with Gasteiger partial charge in [-0.25, -0.2) is 0 Å². The van der Waals surface area contributed by atoms with Crippen molar-refractivity contribution in [3.63, 3.8) is 0 Å². The smallest absolute Gasteiger partial charge is 0.122 e. The van der Waals surface area contributed by atoms with Gasteiger partial charge in [-0.3, -0.25) is 4.98 Å². The molecule has 2 aromatic rings. The summed E-state index contributed by atoms with van der Waals surface area (Å²) in [4.78, 5) is 4.44. The summed E-state index contributed by atoms with van der Waals surface area (Å²) in [7, 11) is 1.68. The first-order valence-corrected chi connectivity index (χ1v) is 7.09. The van der Waals surface area contributed by atoms with Crippen LogP contribution in [0.1, 0.15) is 24.2 Å². The van der Waals surface area contributed by atoms with Gasteiger partial charge in [0, 0.05) is 11.2 Å². The van der Waals surface area contributed by atoms with Crippen LogP contribution in [-0.4, -0.2) is 18.6 Å². The molecule has 0 radical (unpaired) electrons. The van der Waals surface area contributed by atoms with Gasteiger partial charge in [-0.15, -0.1) is 0 Å². The summed E-state index contributed by atoms with van der Waals surface area (Å²) in [5.41, 5.74) is 2.10. The molecule has 2 rings (SSSR count). The Balaban J connectivity index is 2.26. The maximum absolute atomic E-state index is 6.09. The predicted octanol–water partition coefficient (Wildman–Crippen LogP) is 3.64. The van der Waals surface area contributed by atoms with E-state index in [0.717, 1.165) is 35.0 Å². The van der Waals surface area contributed by atoms with Crippen LogP contribution in [0.5, 0.6) is 5.75 Å². The number of methoxy groups -OCH3 is 1. The number of pyridine rings is 1. The molecule has 1 atom stereocenters. The van der Waals surface area contributed by atoms with Gasteiger partial charge in [-0.1, -0.05) is 24.6 Å². The molecule has 0 saturated heterocycles. The molecule has 1 aromatic heterocycles. The van der Waals surface area contributed by atoms with Crippen molar-refractivity contribution < 1.29 is 4.74 Å². The Bertz CT molecular complexity index is 545. The number of benzene rings is 1. The molecule has 1 aromatic carbocycles. The minimum atomic E-state index is 0.147. The first-order valence-electron chi connectivity index (χ1n) is 6.71. The molecule has 106 valence electrons. The van der Waals surface area contributed by atoms with E-state index in [2.05, 4.69) is 17.2 Å². The fraction of sp³-hybridized carbons (Fsp3) is 0.312. The number of hydrogen-bond acceptors (Lipinski definition) is 3. The van der Waals surface area contributed by atoms with Crippen molar-refractivity contribution in [2.75, 3.05) is 13.7 Å². The lowest BCUT2D eigenvalue weighted by Gasteiger charge is -2.19. The van der Waals surface area contributed by atoms with Crippen LogP contribution in [0.3, 0.4) is 0 Å². The molecular weight excluding hydrogens is 272 g/mol. The van der Waals surface area contributed by atoms with Crippen LogP contribution in [0.15, 0.2) is 42.6 Å².